The van der Waals surface area contributed by atoms with Crippen molar-refractivity contribution in [3.05, 3.63) is 66.0 Å². The minimum absolute atomic E-state index is 0.0922. The third-order valence-corrected chi connectivity index (χ3v) is 4.90. The Morgan fingerprint density at radius 3 is 2.83 bits per heavy atom. The summed E-state index contributed by atoms with van der Waals surface area (Å²) in [6.45, 7) is 2.08. The quantitative estimate of drug-likeness (QED) is 0.875. The number of thioether (sulfide) groups is 1. The SMILES string of the molecule is O=C(CSc1ccccc1)N1CCNCC1c1cccc(F)c1. The molecule has 0 radical (unpaired) electrons. The van der Waals surface area contributed by atoms with Gasteiger partial charge in [0.2, 0.25) is 5.91 Å². The van der Waals surface area contributed by atoms with Gasteiger partial charge in [-0.1, -0.05) is 30.3 Å². The molecule has 0 aliphatic carbocycles. The predicted octanol–water partition coefficient (Wildman–Crippen LogP) is 3.09. The molecule has 3 rings (SSSR count). The molecule has 1 N–H and O–H groups in total. The van der Waals surface area contributed by atoms with Crippen molar-refractivity contribution in [3.8, 4) is 0 Å². The minimum Gasteiger partial charge on any atom is -0.332 e. The highest BCUT2D eigenvalue weighted by Crippen LogP contribution is 2.25. The van der Waals surface area contributed by atoms with E-state index in [2.05, 4.69) is 5.32 Å². The fourth-order valence-electron chi connectivity index (χ4n) is 2.76. The number of amides is 1. The molecule has 2 aromatic carbocycles. The Morgan fingerprint density at radius 1 is 1.22 bits per heavy atom. The first-order valence-corrected chi connectivity index (χ1v) is 8.66. The molecule has 0 saturated carbocycles. The maximum atomic E-state index is 13.5. The standard InChI is InChI=1S/C18H19FN2OS/c19-15-6-4-5-14(11-15)17-12-20-9-10-21(17)18(22)13-23-16-7-2-1-3-8-16/h1-8,11,17,20H,9-10,12-13H2. The number of carbonyl (C=O) groups excluding carboxylic acids is 1. The zero-order valence-electron chi connectivity index (χ0n) is 12.7. The van der Waals surface area contributed by atoms with Crippen LogP contribution >= 0.6 is 11.8 Å². The van der Waals surface area contributed by atoms with Gasteiger partial charge >= 0.3 is 0 Å². The lowest BCUT2D eigenvalue weighted by atomic mass is 10.0. The van der Waals surface area contributed by atoms with E-state index in [-0.39, 0.29) is 17.8 Å². The second kappa shape index (κ2) is 7.62. The zero-order chi connectivity index (χ0) is 16.1. The van der Waals surface area contributed by atoms with E-state index in [0.717, 1.165) is 17.0 Å². The molecule has 1 atom stereocenters. The Kier molecular flexibility index (Phi) is 5.31. The average Bonchev–Trinajstić information content (AvgIpc) is 2.60. The van der Waals surface area contributed by atoms with Gasteiger partial charge < -0.3 is 10.2 Å². The van der Waals surface area contributed by atoms with E-state index in [1.165, 1.54) is 23.9 Å². The molecule has 1 amide bonds. The number of nitrogens with one attached hydrogen (secondary N) is 1. The molecular weight excluding hydrogens is 311 g/mol. The fraction of sp³-hybridized carbons (Fsp3) is 0.278. The molecule has 1 unspecified atom stereocenters. The molecule has 1 aliphatic rings. The lowest BCUT2D eigenvalue weighted by Crippen LogP contribution is -2.49. The first-order chi connectivity index (χ1) is 11.2. The second-order valence-corrected chi connectivity index (χ2v) is 6.51. The van der Waals surface area contributed by atoms with Gasteiger partial charge in [-0.05, 0) is 29.8 Å². The third-order valence-electron chi connectivity index (χ3n) is 3.90. The van der Waals surface area contributed by atoms with Crippen molar-refractivity contribution in [2.45, 2.75) is 10.9 Å². The number of hydrogen-bond acceptors (Lipinski definition) is 3. The second-order valence-electron chi connectivity index (χ2n) is 5.46. The number of piperazine rings is 1. The van der Waals surface area contributed by atoms with Gasteiger partial charge in [-0.2, -0.15) is 0 Å². The van der Waals surface area contributed by atoms with Crippen molar-refractivity contribution >= 4 is 17.7 Å². The molecule has 0 aromatic heterocycles. The van der Waals surface area contributed by atoms with E-state index in [9.17, 15) is 9.18 Å². The highest BCUT2D eigenvalue weighted by atomic mass is 32.2. The molecule has 0 spiro atoms. The molecule has 0 bridgehead atoms. The van der Waals surface area contributed by atoms with Crippen molar-refractivity contribution in [1.29, 1.82) is 0 Å². The van der Waals surface area contributed by atoms with Crippen LogP contribution in [-0.4, -0.2) is 36.2 Å². The molecule has 2 aromatic rings. The van der Waals surface area contributed by atoms with Crippen LogP contribution < -0.4 is 5.32 Å². The summed E-state index contributed by atoms with van der Waals surface area (Å²) in [5.41, 5.74) is 0.843. The predicted molar refractivity (Wildman–Crippen MR) is 90.9 cm³/mol. The minimum atomic E-state index is -0.265. The Bertz CT molecular complexity index is 665. The summed E-state index contributed by atoms with van der Waals surface area (Å²) in [7, 11) is 0. The summed E-state index contributed by atoms with van der Waals surface area (Å²) in [6, 6.07) is 16.3. The first kappa shape index (κ1) is 16.0. The van der Waals surface area contributed by atoms with E-state index < -0.39 is 0 Å². The molecule has 3 nitrogen and oxygen atoms in total. The summed E-state index contributed by atoms with van der Waals surface area (Å²) in [6.07, 6.45) is 0. The summed E-state index contributed by atoms with van der Waals surface area (Å²) < 4.78 is 13.5. The van der Waals surface area contributed by atoms with Crippen molar-refractivity contribution in [2.24, 2.45) is 0 Å². The number of carbonyl (C=O) groups is 1. The van der Waals surface area contributed by atoms with Gasteiger partial charge in [-0.15, -0.1) is 11.8 Å². The van der Waals surface area contributed by atoms with Crippen LogP contribution in [0.15, 0.2) is 59.5 Å². The lowest BCUT2D eigenvalue weighted by Gasteiger charge is -2.36. The van der Waals surface area contributed by atoms with Crippen molar-refractivity contribution in [1.82, 2.24) is 10.2 Å². The molecule has 120 valence electrons. The third kappa shape index (κ3) is 4.12. The van der Waals surface area contributed by atoms with E-state index >= 15 is 0 Å². The van der Waals surface area contributed by atoms with Gasteiger partial charge in [-0.25, -0.2) is 4.39 Å². The van der Waals surface area contributed by atoms with Crippen LogP contribution in [0, 0.1) is 5.82 Å². The van der Waals surface area contributed by atoms with E-state index in [0.29, 0.717) is 18.8 Å². The normalized spacial score (nSPS) is 18.0. The van der Waals surface area contributed by atoms with Crippen molar-refractivity contribution in [3.63, 3.8) is 0 Å². The van der Waals surface area contributed by atoms with Crippen LogP contribution in [0.5, 0.6) is 0 Å². The Morgan fingerprint density at radius 2 is 2.04 bits per heavy atom. The number of hydrogen-bond donors (Lipinski definition) is 1. The van der Waals surface area contributed by atoms with Crippen LogP contribution in [0.1, 0.15) is 11.6 Å². The largest absolute Gasteiger partial charge is 0.332 e. The number of nitrogens with zero attached hydrogens (tertiary/aromatic N) is 1. The van der Waals surface area contributed by atoms with E-state index in [1.807, 2.05) is 41.3 Å². The monoisotopic (exact) mass is 330 g/mol. The van der Waals surface area contributed by atoms with Gasteiger partial charge in [-0.3, -0.25) is 4.79 Å². The van der Waals surface area contributed by atoms with E-state index in [4.69, 9.17) is 0 Å². The van der Waals surface area contributed by atoms with Crippen LogP contribution in [0.3, 0.4) is 0 Å². The number of halogens is 1. The summed E-state index contributed by atoms with van der Waals surface area (Å²) in [4.78, 5) is 15.6. The zero-order valence-corrected chi connectivity index (χ0v) is 13.6. The van der Waals surface area contributed by atoms with Crippen LogP contribution in [0.4, 0.5) is 4.39 Å². The van der Waals surface area contributed by atoms with Gasteiger partial charge in [0.1, 0.15) is 5.82 Å². The highest BCUT2D eigenvalue weighted by Gasteiger charge is 2.27. The number of rotatable bonds is 4. The van der Waals surface area contributed by atoms with Gasteiger partial charge in [0.15, 0.2) is 0 Å². The Hall–Kier alpha value is -1.85. The van der Waals surface area contributed by atoms with Crippen molar-refractivity contribution < 1.29 is 9.18 Å². The summed E-state index contributed by atoms with van der Waals surface area (Å²) in [5.74, 6) is 0.226. The van der Waals surface area contributed by atoms with Gasteiger partial charge in [0.25, 0.3) is 0 Å². The average molecular weight is 330 g/mol. The maximum absolute atomic E-state index is 13.5. The maximum Gasteiger partial charge on any atom is 0.233 e. The van der Waals surface area contributed by atoms with Gasteiger partial charge in [0, 0.05) is 24.5 Å². The van der Waals surface area contributed by atoms with Crippen LogP contribution in [-0.2, 0) is 4.79 Å². The molecule has 1 heterocycles. The highest BCUT2D eigenvalue weighted by molar-refractivity contribution is 8.00. The molecule has 1 fully saturated rings. The fourth-order valence-corrected chi connectivity index (χ4v) is 3.56. The lowest BCUT2D eigenvalue weighted by molar-refractivity contribution is -0.131. The first-order valence-electron chi connectivity index (χ1n) is 7.67. The summed E-state index contributed by atoms with van der Waals surface area (Å²) >= 11 is 1.54. The molecular formula is C18H19FN2OS. The summed E-state index contributed by atoms with van der Waals surface area (Å²) in [5, 5.41) is 3.29. The van der Waals surface area contributed by atoms with Gasteiger partial charge in [0.05, 0.1) is 11.8 Å². The Labute approximate surface area is 139 Å². The van der Waals surface area contributed by atoms with Crippen LogP contribution in [0.2, 0.25) is 0 Å². The molecule has 1 saturated heterocycles. The molecule has 5 heteroatoms. The smallest absolute Gasteiger partial charge is 0.233 e. The van der Waals surface area contributed by atoms with E-state index in [1.54, 1.807) is 6.07 Å². The van der Waals surface area contributed by atoms with Crippen LogP contribution in [0.25, 0.3) is 0 Å². The molecule has 23 heavy (non-hydrogen) atoms. The van der Waals surface area contributed by atoms with Crippen molar-refractivity contribution in [2.75, 3.05) is 25.4 Å². The molecule has 1 aliphatic heterocycles. The topological polar surface area (TPSA) is 32.3 Å². The Balaban J connectivity index is 1.69. The number of benzene rings is 2.